The fraction of sp³-hybridized carbons (Fsp3) is 0.188. The highest BCUT2D eigenvalue weighted by Crippen LogP contribution is 2.25. The zero-order valence-electron chi connectivity index (χ0n) is 11.9. The van der Waals surface area contributed by atoms with Gasteiger partial charge in [0.25, 0.3) is 0 Å². The van der Waals surface area contributed by atoms with Crippen molar-refractivity contribution in [3.8, 4) is 17.2 Å². The molecule has 0 saturated carbocycles. The van der Waals surface area contributed by atoms with Gasteiger partial charge in [0, 0.05) is 5.56 Å². The molecule has 1 N–H and O–H groups in total. The smallest absolute Gasteiger partial charge is 0.134 e. The third-order valence-corrected chi connectivity index (χ3v) is 2.96. The van der Waals surface area contributed by atoms with Crippen LogP contribution in [0.25, 0.3) is 0 Å². The molecule has 5 nitrogen and oxygen atoms in total. The second kappa shape index (κ2) is 7.19. The van der Waals surface area contributed by atoms with Crippen molar-refractivity contribution < 1.29 is 19.4 Å². The highest BCUT2D eigenvalue weighted by molar-refractivity contribution is 6.04. The molecule has 0 atom stereocenters. The van der Waals surface area contributed by atoms with Gasteiger partial charge in [-0.2, -0.15) is 0 Å². The zero-order chi connectivity index (χ0) is 15.1. The van der Waals surface area contributed by atoms with E-state index in [1.807, 2.05) is 30.3 Å². The van der Waals surface area contributed by atoms with Crippen molar-refractivity contribution in [2.24, 2.45) is 5.16 Å². The first-order chi connectivity index (χ1) is 10.3. The first-order valence-electron chi connectivity index (χ1n) is 6.39. The van der Waals surface area contributed by atoms with Crippen molar-refractivity contribution in [1.82, 2.24) is 0 Å². The molecule has 0 spiro atoms. The van der Waals surface area contributed by atoms with Gasteiger partial charge in [0.1, 0.15) is 29.6 Å². The molecule has 0 aromatic heterocycles. The fourth-order valence-corrected chi connectivity index (χ4v) is 1.87. The minimum absolute atomic E-state index is 0.115. The molecule has 0 bridgehead atoms. The van der Waals surface area contributed by atoms with Gasteiger partial charge in [-0.15, -0.1) is 0 Å². The van der Waals surface area contributed by atoms with Crippen molar-refractivity contribution in [2.75, 3.05) is 20.8 Å². The van der Waals surface area contributed by atoms with E-state index in [2.05, 4.69) is 5.16 Å². The molecule has 0 unspecified atom stereocenters. The summed E-state index contributed by atoms with van der Waals surface area (Å²) in [4.78, 5) is 0. The molecule has 0 amide bonds. The van der Waals surface area contributed by atoms with Crippen molar-refractivity contribution in [1.29, 1.82) is 0 Å². The van der Waals surface area contributed by atoms with Gasteiger partial charge in [-0.25, -0.2) is 0 Å². The lowest BCUT2D eigenvalue weighted by Crippen LogP contribution is -2.14. The van der Waals surface area contributed by atoms with Crippen LogP contribution >= 0.6 is 0 Å². The minimum atomic E-state index is 0.115. The van der Waals surface area contributed by atoms with Gasteiger partial charge in [-0.3, -0.25) is 0 Å². The van der Waals surface area contributed by atoms with Gasteiger partial charge >= 0.3 is 0 Å². The Morgan fingerprint density at radius 2 is 1.76 bits per heavy atom. The standard InChI is InChI=1S/C16H17NO4/c1-19-13-8-9-16(20-2)14(10-13)15(17-18)11-21-12-6-4-3-5-7-12/h3-10,18H,11H2,1-2H3. The first-order valence-corrected chi connectivity index (χ1v) is 6.39. The Bertz CT molecular complexity index is 611. The first kappa shape index (κ1) is 14.7. The van der Waals surface area contributed by atoms with Crippen molar-refractivity contribution >= 4 is 5.71 Å². The van der Waals surface area contributed by atoms with Crippen molar-refractivity contribution in [3.05, 3.63) is 54.1 Å². The normalized spacial score (nSPS) is 11.0. The Balaban J connectivity index is 2.21. The number of hydrogen-bond donors (Lipinski definition) is 1. The number of nitrogens with zero attached hydrogens (tertiary/aromatic N) is 1. The van der Waals surface area contributed by atoms with E-state index in [1.54, 1.807) is 32.4 Å². The van der Waals surface area contributed by atoms with E-state index in [0.717, 1.165) is 0 Å². The number of methoxy groups -OCH3 is 2. The van der Waals surface area contributed by atoms with Crippen LogP contribution in [0.15, 0.2) is 53.7 Å². The third-order valence-electron chi connectivity index (χ3n) is 2.96. The monoisotopic (exact) mass is 287 g/mol. The number of ether oxygens (including phenoxy) is 3. The topological polar surface area (TPSA) is 60.3 Å². The molecular formula is C16H17NO4. The van der Waals surface area contributed by atoms with E-state index in [9.17, 15) is 5.21 Å². The van der Waals surface area contributed by atoms with Crippen LogP contribution in [-0.4, -0.2) is 31.7 Å². The molecule has 0 fully saturated rings. The predicted octanol–water partition coefficient (Wildman–Crippen LogP) is 2.96. The molecule has 110 valence electrons. The van der Waals surface area contributed by atoms with Crippen LogP contribution in [0.1, 0.15) is 5.56 Å². The SMILES string of the molecule is COc1ccc(OC)c(C(COc2ccccc2)=NO)c1. The zero-order valence-corrected chi connectivity index (χ0v) is 11.9. The minimum Gasteiger partial charge on any atom is -0.497 e. The maximum Gasteiger partial charge on any atom is 0.134 e. The van der Waals surface area contributed by atoms with Gasteiger partial charge < -0.3 is 19.4 Å². The highest BCUT2D eigenvalue weighted by Gasteiger charge is 2.13. The summed E-state index contributed by atoms with van der Waals surface area (Å²) in [5, 5.41) is 12.6. The number of benzene rings is 2. The second-order valence-electron chi connectivity index (χ2n) is 4.21. The molecule has 2 aromatic carbocycles. The van der Waals surface area contributed by atoms with Crippen LogP contribution in [0.2, 0.25) is 0 Å². The summed E-state index contributed by atoms with van der Waals surface area (Å²) in [5.41, 5.74) is 0.977. The quantitative estimate of drug-likeness (QED) is 0.504. The van der Waals surface area contributed by atoms with E-state index in [4.69, 9.17) is 14.2 Å². The van der Waals surface area contributed by atoms with Crippen LogP contribution in [0.5, 0.6) is 17.2 Å². The number of hydrogen-bond acceptors (Lipinski definition) is 5. The van der Waals surface area contributed by atoms with E-state index >= 15 is 0 Å². The van der Waals surface area contributed by atoms with Gasteiger partial charge in [0.15, 0.2) is 0 Å². The van der Waals surface area contributed by atoms with E-state index in [1.165, 1.54) is 0 Å². The molecule has 0 saturated heterocycles. The van der Waals surface area contributed by atoms with Gasteiger partial charge in [-0.1, -0.05) is 23.4 Å². The summed E-state index contributed by atoms with van der Waals surface area (Å²) in [6, 6.07) is 14.6. The summed E-state index contributed by atoms with van der Waals surface area (Å²) >= 11 is 0. The number of rotatable bonds is 6. The van der Waals surface area contributed by atoms with Crippen LogP contribution < -0.4 is 14.2 Å². The van der Waals surface area contributed by atoms with Crippen LogP contribution in [0.3, 0.4) is 0 Å². The summed E-state index contributed by atoms with van der Waals surface area (Å²) in [6.07, 6.45) is 0. The Morgan fingerprint density at radius 3 is 2.38 bits per heavy atom. The van der Waals surface area contributed by atoms with Gasteiger partial charge in [-0.05, 0) is 30.3 Å². The lowest BCUT2D eigenvalue weighted by molar-refractivity contribution is 0.307. The summed E-state index contributed by atoms with van der Waals surface area (Å²) in [6.45, 7) is 0.115. The van der Waals surface area contributed by atoms with Crippen LogP contribution in [-0.2, 0) is 0 Å². The number of para-hydroxylation sites is 1. The van der Waals surface area contributed by atoms with E-state index < -0.39 is 0 Å². The van der Waals surface area contributed by atoms with Crippen molar-refractivity contribution in [3.63, 3.8) is 0 Å². The van der Waals surface area contributed by atoms with E-state index in [0.29, 0.717) is 28.5 Å². The molecule has 2 rings (SSSR count). The molecule has 0 aliphatic heterocycles. The van der Waals surface area contributed by atoms with Crippen LogP contribution in [0, 0.1) is 0 Å². The Labute approximate surface area is 123 Å². The summed E-state index contributed by atoms with van der Waals surface area (Å²) in [5.74, 6) is 1.92. The lowest BCUT2D eigenvalue weighted by Gasteiger charge is -2.12. The summed E-state index contributed by atoms with van der Waals surface area (Å²) in [7, 11) is 3.13. The van der Waals surface area contributed by atoms with E-state index in [-0.39, 0.29) is 6.61 Å². The molecule has 21 heavy (non-hydrogen) atoms. The number of oxime groups is 1. The fourth-order valence-electron chi connectivity index (χ4n) is 1.87. The van der Waals surface area contributed by atoms with Crippen LogP contribution in [0.4, 0.5) is 0 Å². The second-order valence-corrected chi connectivity index (χ2v) is 4.21. The Hall–Kier alpha value is -2.69. The average Bonchev–Trinajstić information content (AvgIpc) is 2.56. The largest absolute Gasteiger partial charge is 0.497 e. The Kier molecular flexibility index (Phi) is 5.04. The molecule has 0 aliphatic rings. The maximum absolute atomic E-state index is 9.25. The highest BCUT2D eigenvalue weighted by atomic mass is 16.5. The van der Waals surface area contributed by atoms with Crippen molar-refractivity contribution in [2.45, 2.75) is 0 Å². The lowest BCUT2D eigenvalue weighted by atomic mass is 10.1. The third kappa shape index (κ3) is 3.66. The van der Waals surface area contributed by atoms with Gasteiger partial charge in [0.05, 0.1) is 14.2 Å². The van der Waals surface area contributed by atoms with Gasteiger partial charge in [0.2, 0.25) is 0 Å². The average molecular weight is 287 g/mol. The molecule has 0 aliphatic carbocycles. The molecule has 0 radical (unpaired) electrons. The molecule has 5 heteroatoms. The summed E-state index contributed by atoms with van der Waals surface area (Å²) < 4.78 is 16.1. The molecular weight excluding hydrogens is 270 g/mol. The molecule has 0 heterocycles. The molecule has 2 aromatic rings. The maximum atomic E-state index is 9.25. The predicted molar refractivity (Wildman–Crippen MR) is 79.8 cm³/mol. The Morgan fingerprint density at radius 1 is 1.00 bits per heavy atom.